The van der Waals surface area contributed by atoms with Crippen molar-refractivity contribution in [1.29, 1.82) is 0 Å². The summed E-state index contributed by atoms with van der Waals surface area (Å²) in [5.74, 6) is 2.41. The molecule has 142 valence electrons. The molecule has 1 amide bonds. The smallest absolute Gasteiger partial charge is 0.223 e. The molecule has 0 bridgehead atoms. The van der Waals surface area contributed by atoms with Crippen LogP contribution in [0, 0.1) is 11.8 Å². The van der Waals surface area contributed by atoms with Gasteiger partial charge in [0.25, 0.3) is 0 Å². The molecule has 1 aromatic rings. The van der Waals surface area contributed by atoms with Crippen LogP contribution in [0.1, 0.15) is 69.2 Å². The molecule has 0 N–H and O–H groups in total. The third-order valence-corrected chi connectivity index (χ3v) is 5.95. The first-order chi connectivity index (χ1) is 12.6. The molecule has 1 heterocycles. The Morgan fingerprint density at radius 2 is 1.88 bits per heavy atom. The third-order valence-electron chi connectivity index (χ3n) is 5.95. The van der Waals surface area contributed by atoms with Gasteiger partial charge in [0.1, 0.15) is 5.75 Å². The van der Waals surface area contributed by atoms with Crippen LogP contribution in [0.4, 0.5) is 0 Å². The molecule has 0 unspecified atom stereocenters. The SMILES string of the molecule is CCOc1ccc(C(=O)CCC(=O)N2CCC[C@@H]3C[C@H](C)CC[C@H]32)cc1. The van der Waals surface area contributed by atoms with Gasteiger partial charge in [-0.3, -0.25) is 9.59 Å². The van der Waals surface area contributed by atoms with Crippen molar-refractivity contribution < 1.29 is 14.3 Å². The van der Waals surface area contributed by atoms with Crippen LogP contribution < -0.4 is 4.74 Å². The number of fused-ring (bicyclic) bond motifs is 1. The van der Waals surface area contributed by atoms with Crippen LogP contribution in [-0.4, -0.2) is 35.8 Å². The molecule has 0 spiro atoms. The van der Waals surface area contributed by atoms with E-state index in [2.05, 4.69) is 11.8 Å². The summed E-state index contributed by atoms with van der Waals surface area (Å²) in [5, 5.41) is 0. The van der Waals surface area contributed by atoms with Crippen molar-refractivity contribution in [2.24, 2.45) is 11.8 Å². The average molecular weight is 357 g/mol. The molecule has 3 atom stereocenters. The van der Waals surface area contributed by atoms with Crippen molar-refractivity contribution in [3.63, 3.8) is 0 Å². The maximum Gasteiger partial charge on any atom is 0.223 e. The van der Waals surface area contributed by atoms with E-state index in [9.17, 15) is 9.59 Å². The number of amides is 1. The summed E-state index contributed by atoms with van der Waals surface area (Å²) in [6, 6.07) is 7.62. The number of ketones is 1. The van der Waals surface area contributed by atoms with Gasteiger partial charge in [0.15, 0.2) is 5.78 Å². The molecule has 1 aromatic carbocycles. The van der Waals surface area contributed by atoms with Crippen LogP contribution in [-0.2, 0) is 4.79 Å². The monoisotopic (exact) mass is 357 g/mol. The molecular weight excluding hydrogens is 326 g/mol. The number of nitrogens with zero attached hydrogens (tertiary/aromatic N) is 1. The summed E-state index contributed by atoms with van der Waals surface area (Å²) in [6.07, 6.45) is 6.57. The number of likely N-dealkylation sites (tertiary alicyclic amines) is 1. The Labute approximate surface area is 156 Å². The first-order valence-electron chi connectivity index (χ1n) is 10.1. The van der Waals surface area contributed by atoms with Crippen molar-refractivity contribution in [3.05, 3.63) is 29.8 Å². The standard InChI is InChI=1S/C22H31NO3/c1-3-26-19-9-7-17(8-10-19)21(24)12-13-22(25)23-14-4-5-18-15-16(2)6-11-20(18)23/h7-10,16,18,20H,3-6,11-15H2,1-2H3/t16-,18-,20-/m1/s1. The quantitative estimate of drug-likeness (QED) is 0.706. The van der Waals surface area contributed by atoms with Gasteiger partial charge in [-0.2, -0.15) is 0 Å². The topological polar surface area (TPSA) is 46.6 Å². The fourth-order valence-electron chi connectivity index (χ4n) is 4.61. The van der Waals surface area contributed by atoms with Gasteiger partial charge < -0.3 is 9.64 Å². The largest absolute Gasteiger partial charge is 0.494 e. The zero-order valence-corrected chi connectivity index (χ0v) is 16.1. The Morgan fingerprint density at radius 1 is 1.12 bits per heavy atom. The highest BCUT2D eigenvalue weighted by atomic mass is 16.5. The van der Waals surface area contributed by atoms with E-state index in [0.29, 0.717) is 30.6 Å². The van der Waals surface area contributed by atoms with Crippen LogP contribution in [0.3, 0.4) is 0 Å². The van der Waals surface area contributed by atoms with E-state index in [4.69, 9.17) is 4.74 Å². The van der Waals surface area contributed by atoms with Gasteiger partial charge in [-0.05, 0) is 75.1 Å². The van der Waals surface area contributed by atoms with Gasteiger partial charge in [-0.25, -0.2) is 0 Å². The van der Waals surface area contributed by atoms with Crippen LogP contribution >= 0.6 is 0 Å². The lowest BCUT2D eigenvalue weighted by atomic mass is 9.74. The second-order valence-corrected chi connectivity index (χ2v) is 7.86. The molecule has 0 radical (unpaired) electrons. The molecule has 2 fully saturated rings. The van der Waals surface area contributed by atoms with E-state index in [1.807, 2.05) is 19.1 Å². The number of Topliss-reactive ketones (excluding diaryl/α,β-unsaturated/α-hetero) is 1. The molecule has 0 aromatic heterocycles. The summed E-state index contributed by atoms with van der Waals surface area (Å²) < 4.78 is 5.40. The average Bonchev–Trinajstić information content (AvgIpc) is 2.66. The van der Waals surface area contributed by atoms with Crippen molar-refractivity contribution in [2.75, 3.05) is 13.2 Å². The van der Waals surface area contributed by atoms with E-state index < -0.39 is 0 Å². The van der Waals surface area contributed by atoms with Crippen LogP contribution in [0.15, 0.2) is 24.3 Å². The summed E-state index contributed by atoms with van der Waals surface area (Å²) in [4.78, 5) is 27.3. The first kappa shape index (κ1) is 18.9. The Balaban J connectivity index is 1.53. The summed E-state index contributed by atoms with van der Waals surface area (Å²) >= 11 is 0. The number of ether oxygens (including phenoxy) is 1. The Hall–Kier alpha value is -1.84. The summed E-state index contributed by atoms with van der Waals surface area (Å²) in [6.45, 7) is 5.74. The zero-order chi connectivity index (χ0) is 18.5. The Morgan fingerprint density at radius 3 is 2.62 bits per heavy atom. The Bertz CT molecular complexity index is 625. The van der Waals surface area contributed by atoms with Gasteiger partial charge in [-0.1, -0.05) is 6.92 Å². The van der Waals surface area contributed by atoms with Crippen molar-refractivity contribution in [1.82, 2.24) is 4.90 Å². The van der Waals surface area contributed by atoms with Crippen LogP contribution in [0.2, 0.25) is 0 Å². The highest BCUT2D eigenvalue weighted by molar-refractivity contribution is 5.98. The molecule has 26 heavy (non-hydrogen) atoms. The lowest BCUT2D eigenvalue weighted by molar-refractivity contribution is -0.137. The molecule has 1 saturated heterocycles. The fourth-order valence-corrected chi connectivity index (χ4v) is 4.61. The number of rotatable bonds is 6. The number of benzene rings is 1. The maximum atomic E-state index is 12.8. The van der Waals surface area contributed by atoms with E-state index in [1.165, 1.54) is 19.3 Å². The third kappa shape index (κ3) is 4.46. The predicted molar refractivity (Wildman–Crippen MR) is 102 cm³/mol. The minimum Gasteiger partial charge on any atom is -0.494 e. The molecule has 2 aliphatic rings. The molecule has 3 rings (SSSR count). The number of hydrogen-bond acceptors (Lipinski definition) is 3. The summed E-state index contributed by atoms with van der Waals surface area (Å²) in [5.41, 5.74) is 0.657. The number of carbonyl (C=O) groups excluding carboxylic acids is 2. The van der Waals surface area contributed by atoms with E-state index in [1.54, 1.807) is 12.1 Å². The molecular formula is C22H31NO3. The second kappa shape index (κ2) is 8.70. The Kier molecular flexibility index (Phi) is 6.33. The first-order valence-corrected chi connectivity index (χ1v) is 10.1. The van der Waals surface area contributed by atoms with Gasteiger partial charge in [0.2, 0.25) is 5.91 Å². The van der Waals surface area contributed by atoms with Gasteiger partial charge >= 0.3 is 0 Å². The second-order valence-electron chi connectivity index (χ2n) is 7.86. The van der Waals surface area contributed by atoms with Crippen molar-refractivity contribution >= 4 is 11.7 Å². The molecule has 1 saturated carbocycles. The van der Waals surface area contributed by atoms with E-state index >= 15 is 0 Å². The summed E-state index contributed by atoms with van der Waals surface area (Å²) in [7, 11) is 0. The van der Waals surface area contributed by atoms with Gasteiger partial charge in [-0.15, -0.1) is 0 Å². The molecule has 4 heteroatoms. The lowest BCUT2D eigenvalue weighted by Crippen LogP contribution is -2.50. The van der Waals surface area contributed by atoms with Crippen molar-refractivity contribution in [3.8, 4) is 5.75 Å². The highest BCUT2D eigenvalue weighted by Crippen LogP contribution is 2.38. The van der Waals surface area contributed by atoms with Crippen LogP contribution in [0.25, 0.3) is 0 Å². The van der Waals surface area contributed by atoms with Gasteiger partial charge in [0.05, 0.1) is 6.61 Å². The fraction of sp³-hybridized carbons (Fsp3) is 0.636. The normalized spacial score (nSPS) is 25.5. The van der Waals surface area contributed by atoms with Crippen molar-refractivity contribution in [2.45, 2.75) is 64.8 Å². The molecule has 1 aliphatic carbocycles. The molecule has 4 nitrogen and oxygen atoms in total. The van der Waals surface area contributed by atoms with E-state index in [-0.39, 0.29) is 18.1 Å². The predicted octanol–water partition coefficient (Wildman–Crippen LogP) is 4.48. The number of carbonyl (C=O) groups is 2. The number of hydrogen-bond donors (Lipinski definition) is 0. The number of piperidine rings is 1. The van der Waals surface area contributed by atoms with Gasteiger partial charge in [0, 0.05) is 31.0 Å². The van der Waals surface area contributed by atoms with E-state index in [0.717, 1.165) is 31.1 Å². The zero-order valence-electron chi connectivity index (χ0n) is 16.1. The lowest BCUT2D eigenvalue weighted by Gasteiger charge is -2.45. The maximum absolute atomic E-state index is 12.8. The van der Waals surface area contributed by atoms with Crippen LogP contribution in [0.5, 0.6) is 5.75 Å². The minimum atomic E-state index is 0.0345. The highest BCUT2D eigenvalue weighted by Gasteiger charge is 2.37. The minimum absolute atomic E-state index is 0.0345. The molecule has 1 aliphatic heterocycles.